The van der Waals surface area contributed by atoms with E-state index in [1.165, 1.54) is 30.5 Å². The number of benzene rings is 4. The highest BCUT2D eigenvalue weighted by Crippen LogP contribution is 2.52. The minimum absolute atomic E-state index is 0.162. The van der Waals surface area contributed by atoms with Crippen LogP contribution in [0.5, 0.6) is 0 Å². The van der Waals surface area contributed by atoms with Gasteiger partial charge in [-0.3, -0.25) is 9.11 Å². The van der Waals surface area contributed by atoms with Gasteiger partial charge in [0.2, 0.25) is 0 Å². The molecule has 7 rings (SSSR count). The van der Waals surface area contributed by atoms with Crippen molar-refractivity contribution in [3.8, 4) is 0 Å². The van der Waals surface area contributed by atoms with Crippen molar-refractivity contribution in [2.45, 2.75) is 68.1 Å². The summed E-state index contributed by atoms with van der Waals surface area (Å²) in [6.45, 7) is 10.4. The zero-order chi connectivity index (χ0) is 38.6. The van der Waals surface area contributed by atoms with Crippen LogP contribution in [-0.2, 0) is 40.9 Å². The first-order chi connectivity index (χ1) is 24.5. The molecule has 0 radical (unpaired) electrons. The molecule has 0 spiro atoms. The second-order valence-corrected chi connectivity index (χ2v) is 20.0. The molecule has 1 heterocycles. The molecule has 0 aromatic heterocycles. The molecule has 53 heavy (non-hydrogen) atoms. The van der Waals surface area contributed by atoms with Crippen molar-refractivity contribution in [3.63, 3.8) is 0 Å². The van der Waals surface area contributed by atoms with Crippen LogP contribution in [0.3, 0.4) is 0 Å². The molecular formula is C41H41NO8S3. The molecule has 0 amide bonds. The SMILES string of the molecule is CC1=C(C=CC2=C(S(C)(=O)=O)/C(=C/C=C3N(C)c4ccc5cc(S(=O)(=O)O)ccc5c4C3(C)C)CC2)C(C)(C)c2c1ccc1cc(S(=O)(=O)O)ccc21. The van der Waals surface area contributed by atoms with E-state index in [-0.39, 0.29) is 9.79 Å². The molecule has 2 aliphatic carbocycles. The third kappa shape index (κ3) is 6.01. The fourth-order valence-corrected chi connectivity index (χ4v) is 11.1. The molecule has 4 aromatic rings. The summed E-state index contributed by atoms with van der Waals surface area (Å²) in [7, 11) is -10.4. The Bertz CT molecular complexity index is 2820. The Kier molecular flexibility index (Phi) is 8.44. The summed E-state index contributed by atoms with van der Waals surface area (Å²) in [5, 5.41) is 3.14. The number of nitrogens with zero attached hydrogens (tertiary/aromatic N) is 1. The first-order valence-corrected chi connectivity index (χ1v) is 21.9. The molecule has 0 atom stereocenters. The lowest BCUT2D eigenvalue weighted by Gasteiger charge is -2.25. The van der Waals surface area contributed by atoms with Gasteiger partial charge in [-0.15, -0.1) is 0 Å². The van der Waals surface area contributed by atoms with Crippen molar-refractivity contribution >= 4 is 62.9 Å². The van der Waals surface area contributed by atoms with Crippen molar-refractivity contribution in [3.05, 3.63) is 129 Å². The van der Waals surface area contributed by atoms with E-state index in [0.29, 0.717) is 28.5 Å². The molecule has 0 saturated heterocycles. The van der Waals surface area contributed by atoms with Crippen LogP contribution in [-0.4, -0.2) is 47.7 Å². The maximum atomic E-state index is 13.4. The number of hydrogen-bond acceptors (Lipinski definition) is 7. The van der Waals surface area contributed by atoms with E-state index in [1.807, 2.05) is 62.5 Å². The van der Waals surface area contributed by atoms with Crippen LogP contribution in [0.15, 0.2) is 122 Å². The van der Waals surface area contributed by atoms with E-state index in [9.17, 15) is 34.4 Å². The lowest BCUT2D eigenvalue weighted by Crippen LogP contribution is -2.22. The zero-order valence-electron chi connectivity index (χ0n) is 30.5. The van der Waals surface area contributed by atoms with Crippen LogP contribution in [0.4, 0.5) is 5.69 Å². The van der Waals surface area contributed by atoms with Gasteiger partial charge in [0.15, 0.2) is 9.84 Å². The average molecular weight is 772 g/mol. The largest absolute Gasteiger partial charge is 0.347 e. The molecule has 4 aromatic carbocycles. The molecule has 3 aliphatic rings. The predicted molar refractivity (Wildman–Crippen MR) is 211 cm³/mol. The predicted octanol–water partition coefficient (Wildman–Crippen LogP) is 8.44. The van der Waals surface area contributed by atoms with Crippen LogP contribution < -0.4 is 4.90 Å². The molecule has 0 fully saturated rings. The molecule has 0 saturated carbocycles. The van der Waals surface area contributed by atoms with Gasteiger partial charge in [-0.25, -0.2) is 8.42 Å². The summed E-state index contributed by atoms with van der Waals surface area (Å²) in [5.74, 6) is 0. The van der Waals surface area contributed by atoms with Crippen LogP contribution in [0.25, 0.3) is 27.1 Å². The van der Waals surface area contributed by atoms with Crippen LogP contribution in [0.1, 0.15) is 64.2 Å². The topological polar surface area (TPSA) is 146 Å². The second kappa shape index (κ2) is 12.1. The number of fused-ring (bicyclic) bond motifs is 6. The molecule has 1 aliphatic heterocycles. The van der Waals surface area contributed by atoms with Gasteiger partial charge in [0, 0.05) is 35.5 Å². The van der Waals surface area contributed by atoms with Crippen molar-refractivity contribution in [1.82, 2.24) is 0 Å². The normalized spacial score (nSPS) is 20.2. The summed E-state index contributed by atoms with van der Waals surface area (Å²) < 4.78 is 93.2. The van der Waals surface area contributed by atoms with Crippen molar-refractivity contribution < 1.29 is 34.4 Å². The summed E-state index contributed by atoms with van der Waals surface area (Å²) >= 11 is 0. The molecule has 12 heteroatoms. The van der Waals surface area contributed by atoms with Crippen molar-refractivity contribution in [1.29, 1.82) is 0 Å². The summed E-state index contributed by atoms with van der Waals surface area (Å²) in [6.07, 6.45) is 10.2. The lowest BCUT2D eigenvalue weighted by molar-refractivity contribution is 0.481. The van der Waals surface area contributed by atoms with Gasteiger partial charge in [-0.2, -0.15) is 16.8 Å². The summed E-state index contributed by atoms with van der Waals surface area (Å²) in [4.78, 5) is 2.06. The Morgan fingerprint density at radius 2 is 1.26 bits per heavy atom. The highest BCUT2D eigenvalue weighted by Gasteiger charge is 2.40. The Balaban J connectivity index is 1.25. The van der Waals surface area contributed by atoms with Gasteiger partial charge in [-0.1, -0.05) is 76.3 Å². The van der Waals surface area contributed by atoms with E-state index in [2.05, 4.69) is 32.6 Å². The van der Waals surface area contributed by atoms with E-state index in [0.717, 1.165) is 61.1 Å². The number of likely N-dealkylation sites (N-methyl/N-ethyl adjacent to an activating group) is 1. The molecule has 2 N–H and O–H groups in total. The fraction of sp³-hybridized carbons (Fsp3) is 0.268. The van der Waals surface area contributed by atoms with Crippen molar-refractivity contribution in [2.24, 2.45) is 0 Å². The van der Waals surface area contributed by atoms with E-state index >= 15 is 0 Å². The smallest absolute Gasteiger partial charge is 0.294 e. The highest BCUT2D eigenvalue weighted by atomic mass is 32.2. The van der Waals surface area contributed by atoms with Gasteiger partial charge in [0.25, 0.3) is 20.2 Å². The first-order valence-electron chi connectivity index (χ1n) is 17.1. The maximum absolute atomic E-state index is 13.4. The Hall–Kier alpha value is -4.33. The zero-order valence-corrected chi connectivity index (χ0v) is 33.0. The Morgan fingerprint density at radius 1 is 0.698 bits per heavy atom. The minimum atomic E-state index is -4.36. The number of anilines is 1. The number of hydrogen-bond donors (Lipinski definition) is 2. The van der Waals surface area contributed by atoms with Gasteiger partial charge in [-0.05, 0) is 117 Å². The molecule has 9 nitrogen and oxygen atoms in total. The van der Waals surface area contributed by atoms with Gasteiger partial charge in [0.1, 0.15) is 0 Å². The second-order valence-electron chi connectivity index (χ2n) is 15.2. The molecular weight excluding hydrogens is 731 g/mol. The van der Waals surface area contributed by atoms with Gasteiger partial charge < -0.3 is 4.90 Å². The van der Waals surface area contributed by atoms with E-state index in [4.69, 9.17) is 0 Å². The van der Waals surface area contributed by atoms with Crippen LogP contribution >= 0.6 is 0 Å². The number of allylic oxidation sites excluding steroid dienone is 9. The third-order valence-electron chi connectivity index (χ3n) is 11.2. The minimum Gasteiger partial charge on any atom is -0.347 e. The Labute approximate surface area is 311 Å². The van der Waals surface area contributed by atoms with Crippen molar-refractivity contribution in [2.75, 3.05) is 18.2 Å². The Morgan fingerprint density at radius 3 is 1.83 bits per heavy atom. The number of rotatable bonds is 6. The monoisotopic (exact) mass is 771 g/mol. The third-order valence-corrected chi connectivity index (χ3v) is 14.1. The van der Waals surface area contributed by atoms with Gasteiger partial charge in [0.05, 0.1) is 14.7 Å². The van der Waals surface area contributed by atoms with Crippen LogP contribution in [0.2, 0.25) is 0 Å². The van der Waals surface area contributed by atoms with E-state index < -0.39 is 40.9 Å². The molecule has 0 bridgehead atoms. The van der Waals surface area contributed by atoms with Gasteiger partial charge >= 0.3 is 0 Å². The highest BCUT2D eigenvalue weighted by molar-refractivity contribution is 7.94. The lowest BCUT2D eigenvalue weighted by atomic mass is 9.78. The molecule has 276 valence electrons. The summed E-state index contributed by atoms with van der Waals surface area (Å²) in [5.41, 5.74) is 7.54. The maximum Gasteiger partial charge on any atom is 0.294 e. The van der Waals surface area contributed by atoms with E-state index in [1.54, 1.807) is 12.1 Å². The number of sulfone groups is 1. The molecule has 0 unspecified atom stereocenters. The fourth-order valence-electron chi connectivity index (χ4n) is 8.79. The standard InChI is InChI=1S/C41H41NO8S3/c1-24-31-16-10-27-22-29(52(45,46)47)14-17-32(27)37(31)40(2,3)34(24)19-11-25-8-9-26(39(25)51(7,43)44)13-21-36-41(4,5)38-33-18-15-30(53(48,49)50)23-28(33)12-20-35(38)42(36)6/h10-23H,8-9H2,1-7H3,(H,45,46,47)(H,48,49,50)/b19-11?,26-13+,36-21?. The quantitative estimate of drug-likeness (QED) is 0.185. The summed E-state index contributed by atoms with van der Waals surface area (Å²) in [6, 6.07) is 16.8. The average Bonchev–Trinajstić information content (AvgIpc) is 3.63. The first kappa shape index (κ1) is 37.0. The van der Waals surface area contributed by atoms with Crippen LogP contribution in [0, 0.1) is 0 Å².